The highest BCUT2D eigenvalue weighted by atomic mass is 35.5. The molecule has 0 atom stereocenters. The summed E-state index contributed by atoms with van der Waals surface area (Å²) in [5, 5.41) is 0.529. The second kappa shape index (κ2) is 7.22. The molecule has 0 radical (unpaired) electrons. The molecule has 0 aliphatic heterocycles. The van der Waals surface area contributed by atoms with Gasteiger partial charge in [0.25, 0.3) is 0 Å². The van der Waals surface area contributed by atoms with E-state index in [4.69, 9.17) is 11.6 Å². The largest absolute Gasteiger partial charge is 0.309 e. The summed E-state index contributed by atoms with van der Waals surface area (Å²) < 4.78 is 0. The van der Waals surface area contributed by atoms with Crippen LogP contribution in [0.1, 0.15) is 18.9 Å². The average molecular weight is 280 g/mol. The van der Waals surface area contributed by atoms with Crippen molar-refractivity contribution in [2.75, 3.05) is 20.6 Å². The zero-order chi connectivity index (χ0) is 14.4. The van der Waals surface area contributed by atoms with E-state index < -0.39 is 0 Å². The maximum atomic E-state index is 12.0. The van der Waals surface area contributed by atoms with E-state index in [0.29, 0.717) is 23.6 Å². The molecule has 1 rings (SSSR count). The average Bonchev–Trinajstić information content (AvgIpc) is 2.34. The Balaban J connectivity index is 2.98. The van der Waals surface area contributed by atoms with Gasteiger partial charge in [-0.15, -0.1) is 0 Å². The van der Waals surface area contributed by atoms with Crippen LogP contribution < -0.4 is 0 Å². The Hall–Kier alpha value is -1.45. The topological polar surface area (TPSA) is 37.4 Å². The molecule has 0 unspecified atom stereocenters. The zero-order valence-corrected chi connectivity index (χ0v) is 12.2. The van der Waals surface area contributed by atoms with Gasteiger partial charge in [-0.25, -0.2) is 0 Å². The van der Waals surface area contributed by atoms with E-state index in [1.165, 1.54) is 6.92 Å². The van der Waals surface area contributed by atoms with E-state index in [9.17, 15) is 9.59 Å². The highest BCUT2D eigenvalue weighted by Crippen LogP contribution is 2.19. The zero-order valence-electron chi connectivity index (χ0n) is 11.4. The van der Waals surface area contributed by atoms with Crippen LogP contribution in [0.25, 0.3) is 6.08 Å². The Kier molecular flexibility index (Phi) is 5.93. The second-order valence-corrected chi connectivity index (χ2v) is 5.02. The lowest BCUT2D eigenvalue weighted by Crippen LogP contribution is -2.19. The fraction of sp³-hybridized carbons (Fsp3) is 0.333. The number of nitrogens with zero attached hydrogens (tertiary/aromatic N) is 1. The van der Waals surface area contributed by atoms with Gasteiger partial charge in [0, 0.05) is 18.0 Å². The van der Waals surface area contributed by atoms with Gasteiger partial charge in [0.05, 0.1) is 5.57 Å². The number of ketones is 2. The van der Waals surface area contributed by atoms with Crippen LogP contribution in [0.3, 0.4) is 0 Å². The molecule has 0 fully saturated rings. The number of allylic oxidation sites excluding steroid dienone is 1. The fourth-order valence-corrected chi connectivity index (χ4v) is 1.78. The third-order valence-electron chi connectivity index (χ3n) is 2.67. The van der Waals surface area contributed by atoms with E-state index in [-0.39, 0.29) is 17.1 Å². The molecule has 0 heterocycles. The quantitative estimate of drug-likeness (QED) is 0.456. The summed E-state index contributed by atoms with van der Waals surface area (Å²) in [5.74, 6) is -0.384. The number of carbonyl (C=O) groups is 2. The highest BCUT2D eigenvalue weighted by molar-refractivity contribution is 6.32. The number of benzene rings is 1. The molecule has 0 aliphatic rings. The Morgan fingerprint density at radius 1 is 1.26 bits per heavy atom. The highest BCUT2D eigenvalue weighted by Gasteiger charge is 2.15. The van der Waals surface area contributed by atoms with Gasteiger partial charge in [-0.3, -0.25) is 9.59 Å². The first kappa shape index (κ1) is 15.6. The molecular weight excluding hydrogens is 262 g/mol. The fourth-order valence-electron chi connectivity index (χ4n) is 1.59. The van der Waals surface area contributed by atoms with Crippen molar-refractivity contribution in [3.8, 4) is 0 Å². The molecule has 102 valence electrons. The number of halogens is 1. The maximum Gasteiger partial charge on any atom is 0.167 e. The molecule has 3 nitrogen and oxygen atoms in total. The van der Waals surface area contributed by atoms with E-state index in [2.05, 4.69) is 0 Å². The molecule has 0 bridgehead atoms. The van der Waals surface area contributed by atoms with E-state index in [0.717, 1.165) is 0 Å². The van der Waals surface area contributed by atoms with Crippen LogP contribution in [-0.2, 0) is 9.59 Å². The van der Waals surface area contributed by atoms with Crippen LogP contribution in [0, 0.1) is 0 Å². The minimum atomic E-state index is -0.233. The van der Waals surface area contributed by atoms with E-state index in [1.54, 1.807) is 24.3 Å². The van der Waals surface area contributed by atoms with Gasteiger partial charge in [0.1, 0.15) is 0 Å². The molecule has 4 heteroatoms. The Bertz CT molecular complexity index is 507. The van der Waals surface area contributed by atoms with E-state index >= 15 is 0 Å². The molecule has 19 heavy (non-hydrogen) atoms. The summed E-state index contributed by atoms with van der Waals surface area (Å²) in [6.45, 7) is 2.02. The maximum absolute atomic E-state index is 12.0. The number of rotatable bonds is 6. The van der Waals surface area contributed by atoms with Crippen LogP contribution in [-0.4, -0.2) is 37.1 Å². The predicted molar refractivity (Wildman–Crippen MR) is 78.3 cm³/mol. The summed E-state index contributed by atoms with van der Waals surface area (Å²) in [5.41, 5.74) is 0.891. The van der Waals surface area contributed by atoms with Crippen LogP contribution in [0.5, 0.6) is 0 Å². The summed E-state index contributed by atoms with van der Waals surface area (Å²) in [6, 6.07) is 7.14. The van der Waals surface area contributed by atoms with E-state index in [1.807, 2.05) is 25.1 Å². The van der Waals surface area contributed by atoms with Gasteiger partial charge < -0.3 is 4.90 Å². The Morgan fingerprint density at radius 2 is 1.89 bits per heavy atom. The van der Waals surface area contributed by atoms with Gasteiger partial charge >= 0.3 is 0 Å². The normalized spacial score (nSPS) is 11.7. The molecule has 0 N–H and O–H groups in total. The first-order valence-electron chi connectivity index (χ1n) is 6.07. The second-order valence-electron chi connectivity index (χ2n) is 4.61. The summed E-state index contributed by atoms with van der Waals surface area (Å²) in [4.78, 5) is 25.6. The number of hydrogen-bond donors (Lipinski definition) is 0. The molecule has 0 amide bonds. The molecule has 0 aromatic heterocycles. The van der Waals surface area contributed by atoms with Crippen molar-refractivity contribution < 1.29 is 9.59 Å². The lowest BCUT2D eigenvalue weighted by Gasteiger charge is -2.09. The van der Waals surface area contributed by atoms with Crippen molar-refractivity contribution in [1.29, 1.82) is 0 Å². The first-order chi connectivity index (χ1) is 8.91. The van der Waals surface area contributed by atoms with Gasteiger partial charge in [0.15, 0.2) is 11.6 Å². The van der Waals surface area contributed by atoms with Crippen LogP contribution in [0.15, 0.2) is 29.8 Å². The minimum absolute atomic E-state index is 0.152. The minimum Gasteiger partial charge on any atom is -0.309 e. The van der Waals surface area contributed by atoms with Crippen LogP contribution in [0.4, 0.5) is 0 Å². The lowest BCUT2D eigenvalue weighted by atomic mass is 10.0. The molecule has 0 saturated carbocycles. The van der Waals surface area contributed by atoms with Crippen molar-refractivity contribution in [2.45, 2.75) is 13.3 Å². The summed E-state index contributed by atoms with van der Waals surface area (Å²) >= 11 is 6.03. The summed E-state index contributed by atoms with van der Waals surface area (Å²) in [7, 11) is 3.77. The standard InChI is InChI=1S/C15H18ClNO2/c1-11(18)13(15(19)8-9-17(2)3)10-12-6-4-5-7-14(12)16/h4-7,10H,8-9H2,1-3H3/b13-10-. The van der Waals surface area contributed by atoms with Gasteiger partial charge in [-0.2, -0.15) is 0 Å². The van der Waals surface area contributed by atoms with Crippen molar-refractivity contribution in [3.05, 3.63) is 40.4 Å². The lowest BCUT2D eigenvalue weighted by molar-refractivity contribution is -0.120. The number of carbonyl (C=O) groups excluding carboxylic acids is 2. The van der Waals surface area contributed by atoms with Gasteiger partial charge in [-0.05, 0) is 38.7 Å². The van der Waals surface area contributed by atoms with Crippen molar-refractivity contribution in [3.63, 3.8) is 0 Å². The molecular formula is C15H18ClNO2. The third-order valence-corrected chi connectivity index (χ3v) is 3.02. The monoisotopic (exact) mass is 279 g/mol. The Morgan fingerprint density at radius 3 is 2.42 bits per heavy atom. The van der Waals surface area contributed by atoms with Crippen LogP contribution in [0.2, 0.25) is 5.02 Å². The third kappa shape index (κ3) is 4.97. The molecule has 0 aliphatic carbocycles. The molecule has 0 spiro atoms. The van der Waals surface area contributed by atoms with Crippen molar-refractivity contribution in [2.24, 2.45) is 0 Å². The number of Topliss-reactive ketones (excluding diaryl/α,β-unsaturated/α-hetero) is 2. The molecule has 0 saturated heterocycles. The summed E-state index contributed by atoms with van der Waals surface area (Å²) in [6.07, 6.45) is 1.89. The molecule has 1 aromatic carbocycles. The van der Waals surface area contributed by atoms with Gasteiger partial charge in [-0.1, -0.05) is 29.8 Å². The van der Waals surface area contributed by atoms with Crippen molar-refractivity contribution in [1.82, 2.24) is 4.90 Å². The Labute approximate surface area is 118 Å². The molecule has 1 aromatic rings. The first-order valence-corrected chi connectivity index (χ1v) is 6.44. The van der Waals surface area contributed by atoms with Gasteiger partial charge in [0.2, 0.25) is 0 Å². The number of hydrogen-bond acceptors (Lipinski definition) is 3. The predicted octanol–water partition coefficient (Wildman–Crippen LogP) is 2.83. The SMILES string of the molecule is CC(=O)/C(=C/c1ccccc1Cl)C(=O)CCN(C)C. The smallest absolute Gasteiger partial charge is 0.167 e. The van der Waals surface area contributed by atoms with Crippen LogP contribution >= 0.6 is 11.6 Å². The van der Waals surface area contributed by atoms with Crippen molar-refractivity contribution >= 4 is 29.2 Å².